The van der Waals surface area contributed by atoms with Crippen LogP contribution in [0.1, 0.15) is 65.3 Å². The Morgan fingerprint density at radius 1 is 0.933 bits per heavy atom. The van der Waals surface area contributed by atoms with Gasteiger partial charge in [-0.2, -0.15) is 0 Å². The molecule has 0 radical (unpaired) electrons. The lowest BCUT2D eigenvalue weighted by atomic mass is 9.92. The quantitative estimate of drug-likeness (QED) is 0.263. The first-order valence-corrected chi connectivity index (χ1v) is 11.5. The van der Waals surface area contributed by atoms with E-state index in [0.29, 0.717) is 57.0 Å². The van der Waals surface area contributed by atoms with Gasteiger partial charge in [-0.05, 0) is 61.6 Å². The highest BCUT2D eigenvalue weighted by Gasteiger charge is 2.20. The number of halogens is 4. The van der Waals surface area contributed by atoms with Gasteiger partial charge in [-0.15, -0.1) is 0 Å². The predicted octanol–water partition coefficient (Wildman–Crippen LogP) is 7.45. The molecule has 1 atom stereocenters. The summed E-state index contributed by atoms with van der Waals surface area (Å²) in [4.78, 5) is 25.1. The van der Waals surface area contributed by atoms with Gasteiger partial charge in [0, 0.05) is 30.0 Å². The van der Waals surface area contributed by atoms with Crippen molar-refractivity contribution in [2.45, 2.75) is 45.4 Å². The Morgan fingerprint density at radius 3 is 2.27 bits per heavy atom. The molecule has 7 heteroatoms. The third-order valence-electron chi connectivity index (χ3n) is 5.02. The van der Waals surface area contributed by atoms with E-state index in [9.17, 15) is 9.59 Å². The molecule has 0 bridgehead atoms. The van der Waals surface area contributed by atoms with E-state index in [4.69, 9.17) is 52.1 Å². The SMILES string of the molecule is CCCC(CN)C(=O)c1cc(Cl)c(Cl)c(CCCCC(=O)c2ccc(Cl)c(Cl)c2)c1. The van der Waals surface area contributed by atoms with E-state index in [2.05, 4.69) is 0 Å². The number of carbonyl (C=O) groups excluding carboxylic acids is 2. The Morgan fingerprint density at radius 2 is 1.63 bits per heavy atom. The van der Waals surface area contributed by atoms with Crippen molar-refractivity contribution in [1.29, 1.82) is 0 Å². The molecule has 0 saturated heterocycles. The van der Waals surface area contributed by atoms with Gasteiger partial charge in [0.2, 0.25) is 0 Å². The summed E-state index contributed by atoms with van der Waals surface area (Å²) < 4.78 is 0. The van der Waals surface area contributed by atoms with E-state index >= 15 is 0 Å². The van der Waals surface area contributed by atoms with Crippen LogP contribution in [0.3, 0.4) is 0 Å². The Hall–Kier alpha value is -1.10. The van der Waals surface area contributed by atoms with Crippen LogP contribution < -0.4 is 5.73 Å². The minimum atomic E-state index is -0.219. The molecule has 0 aliphatic carbocycles. The van der Waals surface area contributed by atoms with E-state index in [-0.39, 0.29) is 17.5 Å². The van der Waals surface area contributed by atoms with Gasteiger partial charge in [-0.1, -0.05) is 59.7 Å². The van der Waals surface area contributed by atoms with Crippen molar-refractivity contribution in [3.05, 3.63) is 67.1 Å². The zero-order valence-electron chi connectivity index (χ0n) is 16.8. The van der Waals surface area contributed by atoms with Gasteiger partial charge in [0.25, 0.3) is 0 Å². The summed E-state index contributed by atoms with van der Waals surface area (Å²) in [7, 11) is 0. The van der Waals surface area contributed by atoms with E-state index < -0.39 is 0 Å². The lowest BCUT2D eigenvalue weighted by Gasteiger charge is -2.15. The van der Waals surface area contributed by atoms with Crippen LogP contribution in [0.25, 0.3) is 0 Å². The molecule has 0 saturated carbocycles. The molecule has 2 N–H and O–H groups in total. The molecule has 2 rings (SSSR count). The molecule has 0 aliphatic heterocycles. The van der Waals surface area contributed by atoms with Crippen molar-refractivity contribution in [3.8, 4) is 0 Å². The van der Waals surface area contributed by atoms with E-state index in [1.807, 2.05) is 6.92 Å². The van der Waals surface area contributed by atoms with Crippen LogP contribution in [0.2, 0.25) is 20.1 Å². The topological polar surface area (TPSA) is 60.2 Å². The fourth-order valence-electron chi connectivity index (χ4n) is 3.33. The van der Waals surface area contributed by atoms with Crippen molar-refractivity contribution in [2.75, 3.05) is 6.54 Å². The monoisotopic (exact) mass is 487 g/mol. The molecule has 162 valence electrons. The van der Waals surface area contributed by atoms with Crippen molar-refractivity contribution in [2.24, 2.45) is 11.7 Å². The number of hydrogen-bond donors (Lipinski definition) is 1. The first kappa shape index (κ1) is 25.2. The van der Waals surface area contributed by atoms with Crippen LogP contribution in [-0.4, -0.2) is 18.1 Å². The number of aryl methyl sites for hydroxylation is 1. The highest BCUT2D eigenvalue weighted by atomic mass is 35.5. The standard InChI is InChI=1S/C23H25Cl4NO2/c1-2-5-16(13-28)23(30)17-10-15(22(27)20(26)12-17)6-3-4-7-21(29)14-8-9-18(24)19(25)11-14/h8-12,16H,2-7,13,28H2,1H3. The fraction of sp³-hybridized carbons (Fsp3) is 0.391. The van der Waals surface area contributed by atoms with Crippen LogP contribution in [0, 0.1) is 5.92 Å². The second kappa shape index (κ2) is 12.1. The molecule has 2 aromatic carbocycles. The third kappa shape index (κ3) is 6.70. The lowest BCUT2D eigenvalue weighted by Crippen LogP contribution is -2.23. The van der Waals surface area contributed by atoms with Gasteiger partial charge >= 0.3 is 0 Å². The van der Waals surface area contributed by atoms with Gasteiger partial charge in [-0.25, -0.2) is 0 Å². The molecule has 1 unspecified atom stereocenters. The Kier molecular flexibility index (Phi) is 10.1. The largest absolute Gasteiger partial charge is 0.330 e. The second-order valence-electron chi connectivity index (χ2n) is 7.28. The molecule has 0 aromatic heterocycles. The van der Waals surface area contributed by atoms with Gasteiger partial charge in [0.1, 0.15) is 0 Å². The summed E-state index contributed by atoms with van der Waals surface area (Å²) in [6.45, 7) is 2.33. The van der Waals surface area contributed by atoms with E-state index in [1.165, 1.54) is 0 Å². The van der Waals surface area contributed by atoms with Crippen molar-refractivity contribution in [1.82, 2.24) is 0 Å². The molecule has 0 heterocycles. The molecule has 30 heavy (non-hydrogen) atoms. The summed E-state index contributed by atoms with van der Waals surface area (Å²) in [6.07, 6.45) is 4.03. The van der Waals surface area contributed by atoms with Crippen molar-refractivity contribution < 1.29 is 9.59 Å². The minimum absolute atomic E-state index is 0.00559. The average Bonchev–Trinajstić information content (AvgIpc) is 2.73. The van der Waals surface area contributed by atoms with Crippen LogP contribution in [0.5, 0.6) is 0 Å². The first-order chi connectivity index (χ1) is 14.3. The molecule has 0 spiro atoms. The molecule has 0 aliphatic rings. The molecule has 0 fully saturated rings. The number of Topliss-reactive ketones (excluding diaryl/α,β-unsaturated/α-hetero) is 2. The summed E-state index contributed by atoms with van der Waals surface area (Å²) in [5.41, 5.74) is 7.66. The van der Waals surface area contributed by atoms with Crippen LogP contribution in [0.15, 0.2) is 30.3 Å². The molecular formula is C23H25Cl4NO2. The van der Waals surface area contributed by atoms with Crippen LogP contribution in [-0.2, 0) is 6.42 Å². The van der Waals surface area contributed by atoms with Crippen LogP contribution in [0.4, 0.5) is 0 Å². The number of rotatable bonds is 11. The maximum Gasteiger partial charge on any atom is 0.167 e. The minimum Gasteiger partial charge on any atom is -0.330 e. The number of benzene rings is 2. The van der Waals surface area contributed by atoms with Crippen molar-refractivity contribution in [3.63, 3.8) is 0 Å². The highest BCUT2D eigenvalue weighted by molar-refractivity contribution is 6.43. The fourth-order valence-corrected chi connectivity index (χ4v) is 4.07. The summed E-state index contributed by atoms with van der Waals surface area (Å²) in [6, 6.07) is 8.29. The molecule has 2 aromatic rings. The van der Waals surface area contributed by atoms with Gasteiger partial charge in [0.05, 0.1) is 20.1 Å². The maximum absolute atomic E-state index is 12.8. The summed E-state index contributed by atoms with van der Waals surface area (Å²) in [5.74, 6) is -0.218. The zero-order chi connectivity index (χ0) is 22.3. The Balaban J connectivity index is 2.00. The number of ketones is 2. The number of nitrogens with two attached hydrogens (primary N) is 1. The molecule has 0 amide bonds. The number of hydrogen-bond acceptors (Lipinski definition) is 3. The van der Waals surface area contributed by atoms with Crippen molar-refractivity contribution >= 4 is 58.0 Å². The molecular weight excluding hydrogens is 464 g/mol. The smallest absolute Gasteiger partial charge is 0.167 e. The summed E-state index contributed by atoms with van der Waals surface area (Å²) in [5, 5.41) is 1.59. The first-order valence-electron chi connectivity index (χ1n) is 9.98. The normalized spacial score (nSPS) is 12.1. The maximum atomic E-state index is 12.8. The predicted molar refractivity (Wildman–Crippen MR) is 127 cm³/mol. The van der Waals surface area contributed by atoms with E-state index in [0.717, 1.165) is 24.8 Å². The zero-order valence-corrected chi connectivity index (χ0v) is 19.8. The van der Waals surface area contributed by atoms with Gasteiger partial charge < -0.3 is 5.73 Å². The molecule has 3 nitrogen and oxygen atoms in total. The highest BCUT2D eigenvalue weighted by Crippen LogP contribution is 2.30. The Labute approximate surface area is 197 Å². The average molecular weight is 489 g/mol. The number of carbonyl (C=O) groups is 2. The Bertz CT molecular complexity index is 914. The van der Waals surface area contributed by atoms with Gasteiger partial charge in [0.15, 0.2) is 11.6 Å². The van der Waals surface area contributed by atoms with Gasteiger partial charge in [-0.3, -0.25) is 9.59 Å². The summed E-state index contributed by atoms with van der Waals surface area (Å²) >= 11 is 24.5. The lowest BCUT2D eigenvalue weighted by molar-refractivity contribution is 0.0916. The number of unbranched alkanes of at least 4 members (excludes halogenated alkanes) is 1. The third-order valence-corrected chi connectivity index (χ3v) is 6.60. The van der Waals surface area contributed by atoms with Crippen LogP contribution >= 0.6 is 46.4 Å². The second-order valence-corrected chi connectivity index (χ2v) is 8.88. The van der Waals surface area contributed by atoms with E-state index in [1.54, 1.807) is 30.3 Å².